The fraction of sp³-hybridized carbons (Fsp3) is 0.261. The van der Waals surface area contributed by atoms with Crippen LogP contribution in [-0.4, -0.2) is 38.3 Å². The number of benzene rings is 3. The van der Waals surface area contributed by atoms with Gasteiger partial charge in [0.25, 0.3) is 5.91 Å². The van der Waals surface area contributed by atoms with E-state index in [-0.39, 0.29) is 17.4 Å². The van der Waals surface area contributed by atoms with Gasteiger partial charge in [-0.1, -0.05) is 42.8 Å². The summed E-state index contributed by atoms with van der Waals surface area (Å²) in [4.78, 5) is 12.5. The quantitative estimate of drug-likeness (QED) is 0.648. The zero-order valence-corrected chi connectivity index (χ0v) is 17.4. The molecule has 1 N–H and O–H groups in total. The normalized spacial score (nSPS) is 15.1. The number of anilines is 1. The third-order valence-corrected chi connectivity index (χ3v) is 7.11. The molecule has 1 heterocycles. The van der Waals surface area contributed by atoms with Gasteiger partial charge >= 0.3 is 0 Å². The third kappa shape index (κ3) is 4.47. The number of sulfonamides is 1. The molecule has 4 rings (SSSR count). The van der Waals surface area contributed by atoms with E-state index >= 15 is 0 Å². The Morgan fingerprint density at radius 2 is 1.60 bits per heavy atom. The van der Waals surface area contributed by atoms with Crippen LogP contribution in [0.1, 0.15) is 19.3 Å². The lowest BCUT2D eigenvalue weighted by Gasteiger charge is -2.25. The lowest BCUT2D eigenvalue weighted by atomic mass is 10.1. The highest BCUT2D eigenvalue weighted by atomic mass is 32.2. The minimum absolute atomic E-state index is 0.137. The van der Waals surface area contributed by atoms with Crippen molar-refractivity contribution in [1.29, 1.82) is 0 Å². The van der Waals surface area contributed by atoms with Crippen LogP contribution >= 0.6 is 0 Å². The van der Waals surface area contributed by atoms with Crippen LogP contribution in [0.15, 0.2) is 71.6 Å². The minimum Gasteiger partial charge on any atom is -0.483 e. The Balaban J connectivity index is 1.38. The van der Waals surface area contributed by atoms with Gasteiger partial charge in [-0.3, -0.25) is 4.79 Å². The van der Waals surface area contributed by atoms with Gasteiger partial charge in [-0.2, -0.15) is 4.31 Å². The minimum atomic E-state index is -3.48. The van der Waals surface area contributed by atoms with Crippen molar-refractivity contribution in [3.63, 3.8) is 0 Å². The molecule has 156 valence electrons. The summed E-state index contributed by atoms with van der Waals surface area (Å²) in [6.45, 7) is 0.987. The molecule has 7 heteroatoms. The predicted octanol–water partition coefficient (Wildman–Crippen LogP) is 4.03. The highest BCUT2D eigenvalue weighted by Gasteiger charge is 2.25. The van der Waals surface area contributed by atoms with Crippen LogP contribution in [0.5, 0.6) is 5.75 Å². The first-order chi connectivity index (χ1) is 14.5. The molecule has 0 unspecified atom stereocenters. The third-order valence-electron chi connectivity index (χ3n) is 5.20. The van der Waals surface area contributed by atoms with Crippen molar-refractivity contribution in [1.82, 2.24) is 4.31 Å². The van der Waals surface area contributed by atoms with Gasteiger partial charge in [0.05, 0.1) is 4.90 Å². The molecule has 0 aromatic heterocycles. The smallest absolute Gasteiger partial charge is 0.262 e. The van der Waals surface area contributed by atoms with E-state index in [0.29, 0.717) is 24.5 Å². The molecule has 3 aromatic rings. The van der Waals surface area contributed by atoms with Gasteiger partial charge in [0.1, 0.15) is 5.75 Å². The van der Waals surface area contributed by atoms with Crippen LogP contribution in [0.4, 0.5) is 5.69 Å². The molecule has 1 saturated heterocycles. The van der Waals surface area contributed by atoms with Gasteiger partial charge in [-0.15, -0.1) is 0 Å². The first kappa shape index (κ1) is 20.4. The molecule has 0 radical (unpaired) electrons. The summed E-state index contributed by atoms with van der Waals surface area (Å²) in [7, 11) is -3.48. The van der Waals surface area contributed by atoms with E-state index in [1.54, 1.807) is 12.1 Å². The van der Waals surface area contributed by atoms with Crippen molar-refractivity contribution < 1.29 is 17.9 Å². The number of fused-ring (bicyclic) bond motifs is 1. The van der Waals surface area contributed by atoms with Crippen molar-refractivity contribution in [3.05, 3.63) is 66.7 Å². The van der Waals surface area contributed by atoms with Crippen LogP contribution < -0.4 is 10.1 Å². The lowest BCUT2D eigenvalue weighted by Crippen LogP contribution is -2.35. The van der Waals surface area contributed by atoms with Gasteiger partial charge in [0.15, 0.2) is 6.61 Å². The molecule has 0 atom stereocenters. The maximum Gasteiger partial charge on any atom is 0.262 e. The molecule has 1 fully saturated rings. The first-order valence-electron chi connectivity index (χ1n) is 10.0. The van der Waals surface area contributed by atoms with E-state index in [0.717, 1.165) is 30.0 Å². The lowest BCUT2D eigenvalue weighted by molar-refractivity contribution is -0.118. The molecule has 0 saturated carbocycles. The summed E-state index contributed by atoms with van der Waals surface area (Å²) >= 11 is 0. The molecule has 1 aliphatic heterocycles. The topological polar surface area (TPSA) is 75.7 Å². The van der Waals surface area contributed by atoms with E-state index in [9.17, 15) is 13.2 Å². The molecule has 0 spiro atoms. The average molecular weight is 425 g/mol. The van der Waals surface area contributed by atoms with Crippen molar-refractivity contribution in [2.45, 2.75) is 24.2 Å². The summed E-state index contributed by atoms with van der Waals surface area (Å²) in [5.74, 6) is 0.334. The van der Waals surface area contributed by atoms with Crippen LogP contribution in [0.25, 0.3) is 10.8 Å². The second kappa shape index (κ2) is 8.85. The summed E-state index contributed by atoms with van der Waals surface area (Å²) in [5.41, 5.74) is 0.527. The van der Waals surface area contributed by atoms with E-state index in [1.807, 2.05) is 42.5 Å². The number of nitrogens with one attached hydrogen (secondary N) is 1. The van der Waals surface area contributed by atoms with E-state index < -0.39 is 10.0 Å². The number of amides is 1. The monoisotopic (exact) mass is 424 g/mol. The Morgan fingerprint density at radius 1 is 0.900 bits per heavy atom. The van der Waals surface area contributed by atoms with Gasteiger partial charge in [0.2, 0.25) is 10.0 Å². The SMILES string of the molecule is O=C(COc1cccc2ccccc12)Nc1ccc(S(=O)(=O)N2CCCCC2)cc1. The van der Waals surface area contributed by atoms with Crippen molar-refractivity contribution in [2.75, 3.05) is 25.0 Å². The number of rotatable bonds is 6. The maximum atomic E-state index is 12.7. The summed E-state index contributed by atoms with van der Waals surface area (Å²) < 4.78 is 32.6. The van der Waals surface area contributed by atoms with E-state index in [4.69, 9.17) is 4.74 Å². The van der Waals surface area contributed by atoms with Crippen molar-refractivity contribution >= 4 is 32.4 Å². The number of hydrogen-bond donors (Lipinski definition) is 1. The number of hydrogen-bond acceptors (Lipinski definition) is 4. The molecular weight excluding hydrogens is 400 g/mol. The Kier molecular flexibility index (Phi) is 6.01. The second-order valence-electron chi connectivity index (χ2n) is 7.30. The van der Waals surface area contributed by atoms with Gasteiger partial charge in [0, 0.05) is 24.2 Å². The van der Waals surface area contributed by atoms with Crippen LogP contribution in [0.2, 0.25) is 0 Å². The molecule has 30 heavy (non-hydrogen) atoms. The number of ether oxygens (including phenoxy) is 1. The van der Waals surface area contributed by atoms with Crippen LogP contribution in [0, 0.1) is 0 Å². The molecule has 0 aliphatic carbocycles. The van der Waals surface area contributed by atoms with Crippen molar-refractivity contribution in [3.8, 4) is 5.75 Å². The molecular formula is C23H24N2O4S. The van der Waals surface area contributed by atoms with Gasteiger partial charge < -0.3 is 10.1 Å². The number of nitrogens with zero attached hydrogens (tertiary/aromatic N) is 1. The number of carbonyl (C=O) groups excluding carboxylic acids is 1. The molecule has 3 aromatic carbocycles. The summed E-state index contributed by atoms with van der Waals surface area (Å²) in [5, 5.41) is 4.73. The molecule has 6 nitrogen and oxygen atoms in total. The van der Waals surface area contributed by atoms with E-state index in [1.165, 1.54) is 16.4 Å². The Morgan fingerprint density at radius 3 is 2.37 bits per heavy atom. The highest BCUT2D eigenvalue weighted by molar-refractivity contribution is 7.89. The predicted molar refractivity (Wildman–Crippen MR) is 117 cm³/mol. The second-order valence-corrected chi connectivity index (χ2v) is 9.24. The summed E-state index contributed by atoms with van der Waals surface area (Å²) in [6.07, 6.45) is 2.85. The Bertz CT molecular complexity index is 1130. The van der Waals surface area contributed by atoms with Gasteiger partial charge in [-0.25, -0.2) is 8.42 Å². The van der Waals surface area contributed by atoms with Crippen LogP contribution in [-0.2, 0) is 14.8 Å². The fourth-order valence-electron chi connectivity index (χ4n) is 3.63. The maximum absolute atomic E-state index is 12.7. The highest BCUT2D eigenvalue weighted by Crippen LogP contribution is 2.25. The standard InChI is InChI=1S/C23H24N2O4S/c26-23(17-29-22-10-6-8-18-7-2-3-9-21(18)22)24-19-11-13-20(14-12-19)30(27,28)25-15-4-1-5-16-25/h2-3,6-14H,1,4-5,15-17H2,(H,24,26). The average Bonchev–Trinajstić information content (AvgIpc) is 2.78. The Hall–Kier alpha value is -2.90. The molecule has 1 amide bonds. The first-order valence-corrected chi connectivity index (χ1v) is 11.5. The molecule has 0 bridgehead atoms. The van der Waals surface area contributed by atoms with Crippen LogP contribution in [0.3, 0.4) is 0 Å². The van der Waals surface area contributed by atoms with Gasteiger partial charge in [-0.05, 0) is 48.6 Å². The zero-order valence-electron chi connectivity index (χ0n) is 16.6. The number of piperidine rings is 1. The Labute approximate surface area is 176 Å². The van der Waals surface area contributed by atoms with Crippen molar-refractivity contribution in [2.24, 2.45) is 0 Å². The zero-order chi connectivity index (χ0) is 21.0. The fourth-order valence-corrected chi connectivity index (χ4v) is 5.14. The van der Waals surface area contributed by atoms with E-state index in [2.05, 4.69) is 5.32 Å². The number of carbonyl (C=O) groups is 1. The molecule has 1 aliphatic rings. The largest absolute Gasteiger partial charge is 0.483 e. The summed E-state index contributed by atoms with van der Waals surface area (Å²) in [6, 6.07) is 19.8.